The highest BCUT2D eigenvalue weighted by Crippen LogP contribution is 2.29. The third-order valence-electron chi connectivity index (χ3n) is 2.25. The van der Waals surface area contributed by atoms with E-state index in [1.54, 1.807) is 18.2 Å². The molecular weight excluding hydrogens is 343 g/mol. The molecule has 2 aromatic rings. The first-order chi connectivity index (χ1) is 8.09. The molecule has 0 unspecified atom stereocenters. The van der Waals surface area contributed by atoms with Crippen LogP contribution >= 0.6 is 50.5 Å². The molecule has 1 heterocycles. The number of Topliss-reactive ketones (excluding diaryl/α,β-unsaturated/α-hetero) is 1. The number of halogens is 3. The second kappa shape index (κ2) is 5.53. The van der Waals surface area contributed by atoms with Crippen LogP contribution in [-0.4, -0.2) is 5.78 Å². The number of ketones is 1. The Morgan fingerprint density at radius 3 is 2.41 bits per heavy atom. The van der Waals surface area contributed by atoms with Gasteiger partial charge in [0.2, 0.25) is 0 Å². The second-order valence-corrected chi connectivity index (χ2v) is 6.06. The lowest BCUT2D eigenvalue weighted by molar-refractivity contribution is 0.0994. The SMILES string of the molecule is O=C(Cc1sccc1Br)c1c(Cl)cccc1Cl. The van der Waals surface area contributed by atoms with Gasteiger partial charge in [0.1, 0.15) is 0 Å². The van der Waals surface area contributed by atoms with Crippen LogP contribution in [0, 0.1) is 0 Å². The fraction of sp³-hybridized carbons (Fsp3) is 0.0833. The maximum absolute atomic E-state index is 12.1. The smallest absolute Gasteiger partial charge is 0.171 e. The lowest BCUT2D eigenvalue weighted by Crippen LogP contribution is -2.04. The van der Waals surface area contributed by atoms with Gasteiger partial charge in [0, 0.05) is 15.8 Å². The first-order valence-electron chi connectivity index (χ1n) is 4.78. The van der Waals surface area contributed by atoms with Crippen LogP contribution in [0.5, 0.6) is 0 Å². The molecular formula is C12H7BrCl2OS. The molecule has 0 spiro atoms. The van der Waals surface area contributed by atoms with Crippen LogP contribution < -0.4 is 0 Å². The molecule has 0 atom stereocenters. The van der Waals surface area contributed by atoms with E-state index >= 15 is 0 Å². The Labute approximate surface area is 121 Å². The molecule has 0 aliphatic carbocycles. The van der Waals surface area contributed by atoms with E-state index in [0.29, 0.717) is 22.0 Å². The molecule has 0 saturated carbocycles. The molecule has 2 rings (SSSR count). The van der Waals surface area contributed by atoms with Crippen LogP contribution in [0.2, 0.25) is 10.0 Å². The third-order valence-corrected chi connectivity index (χ3v) is 4.81. The minimum atomic E-state index is -0.0660. The van der Waals surface area contributed by atoms with Crippen molar-refractivity contribution < 1.29 is 4.79 Å². The zero-order valence-corrected chi connectivity index (χ0v) is 12.5. The Kier molecular flexibility index (Phi) is 4.26. The standard InChI is InChI=1S/C12H7BrCl2OS/c13-7-4-5-17-11(7)6-10(16)12-8(14)2-1-3-9(12)15/h1-5H,6H2. The summed E-state index contributed by atoms with van der Waals surface area (Å²) in [4.78, 5) is 13.1. The molecule has 0 saturated heterocycles. The highest BCUT2D eigenvalue weighted by molar-refractivity contribution is 9.10. The molecule has 88 valence electrons. The van der Waals surface area contributed by atoms with Gasteiger partial charge < -0.3 is 0 Å². The number of carbonyl (C=O) groups is 1. The molecule has 1 aromatic heterocycles. The lowest BCUT2D eigenvalue weighted by Gasteiger charge is -2.05. The molecule has 1 aromatic carbocycles. The first-order valence-corrected chi connectivity index (χ1v) is 7.21. The maximum atomic E-state index is 12.1. The number of carbonyl (C=O) groups excluding carboxylic acids is 1. The number of hydrogen-bond donors (Lipinski definition) is 0. The van der Waals surface area contributed by atoms with Crippen molar-refractivity contribution in [1.29, 1.82) is 0 Å². The fourth-order valence-corrected chi connectivity index (χ4v) is 3.55. The molecule has 0 radical (unpaired) electrons. The average Bonchev–Trinajstić information content (AvgIpc) is 2.64. The summed E-state index contributed by atoms with van der Waals surface area (Å²) in [6, 6.07) is 6.98. The van der Waals surface area contributed by atoms with Gasteiger partial charge in [-0.15, -0.1) is 11.3 Å². The number of rotatable bonds is 3. The summed E-state index contributed by atoms with van der Waals surface area (Å²) in [6.07, 6.45) is 0.307. The van der Waals surface area contributed by atoms with Crippen LogP contribution in [0.4, 0.5) is 0 Å². The van der Waals surface area contributed by atoms with E-state index in [2.05, 4.69) is 15.9 Å². The Morgan fingerprint density at radius 2 is 1.88 bits per heavy atom. The molecule has 1 nitrogen and oxygen atoms in total. The third kappa shape index (κ3) is 2.91. The lowest BCUT2D eigenvalue weighted by atomic mass is 10.1. The Morgan fingerprint density at radius 1 is 1.24 bits per heavy atom. The predicted molar refractivity (Wildman–Crippen MR) is 76.5 cm³/mol. The van der Waals surface area contributed by atoms with E-state index < -0.39 is 0 Å². The second-order valence-electron chi connectivity index (χ2n) is 3.39. The quantitative estimate of drug-likeness (QED) is 0.692. The minimum Gasteiger partial charge on any atom is -0.294 e. The van der Waals surface area contributed by atoms with Crippen molar-refractivity contribution in [2.24, 2.45) is 0 Å². The molecule has 0 bridgehead atoms. The number of hydrogen-bond acceptors (Lipinski definition) is 2. The van der Waals surface area contributed by atoms with Crippen molar-refractivity contribution in [3.8, 4) is 0 Å². The van der Waals surface area contributed by atoms with E-state index in [-0.39, 0.29) is 5.78 Å². The molecule has 0 amide bonds. The van der Waals surface area contributed by atoms with Crippen molar-refractivity contribution in [1.82, 2.24) is 0 Å². The maximum Gasteiger partial charge on any atom is 0.171 e. The molecule has 0 N–H and O–H groups in total. The normalized spacial score (nSPS) is 10.5. The molecule has 17 heavy (non-hydrogen) atoms. The summed E-state index contributed by atoms with van der Waals surface area (Å²) in [7, 11) is 0. The van der Waals surface area contributed by atoms with Crippen LogP contribution in [0.1, 0.15) is 15.2 Å². The van der Waals surface area contributed by atoms with Gasteiger partial charge in [0.15, 0.2) is 5.78 Å². The average molecular weight is 350 g/mol. The van der Waals surface area contributed by atoms with Gasteiger partial charge in [0.05, 0.1) is 15.6 Å². The summed E-state index contributed by atoms with van der Waals surface area (Å²) < 4.78 is 0.944. The Balaban J connectivity index is 2.30. The van der Waals surface area contributed by atoms with E-state index in [4.69, 9.17) is 23.2 Å². The van der Waals surface area contributed by atoms with Crippen molar-refractivity contribution in [3.63, 3.8) is 0 Å². The zero-order valence-electron chi connectivity index (χ0n) is 8.54. The van der Waals surface area contributed by atoms with Gasteiger partial charge in [-0.25, -0.2) is 0 Å². The van der Waals surface area contributed by atoms with Crippen molar-refractivity contribution in [2.75, 3.05) is 0 Å². The van der Waals surface area contributed by atoms with E-state index in [9.17, 15) is 4.79 Å². The largest absolute Gasteiger partial charge is 0.294 e. The predicted octanol–water partition coefficient (Wildman–Crippen LogP) is 5.24. The Bertz CT molecular complexity index is 545. The minimum absolute atomic E-state index is 0.0660. The zero-order chi connectivity index (χ0) is 12.4. The van der Waals surface area contributed by atoms with Gasteiger partial charge in [-0.1, -0.05) is 29.3 Å². The highest BCUT2D eigenvalue weighted by atomic mass is 79.9. The Hall–Kier alpha value is -0.350. The molecule has 0 aliphatic rings. The van der Waals surface area contributed by atoms with Crippen LogP contribution in [0.3, 0.4) is 0 Å². The first kappa shape index (κ1) is 13.1. The summed E-state index contributed by atoms with van der Waals surface area (Å²) >= 11 is 16.9. The summed E-state index contributed by atoms with van der Waals surface area (Å²) in [5.41, 5.74) is 0.399. The van der Waals surface area contributed by atoms with Crippen LogP contribution in [0.15, 0.2) is 34.1 Å². The monoisotopic (exact) mass is 348 g/mol. The summed E-state index contributed by atoms with van der Waals surface area (Å²) in [5, 5.41) is 2.73. The van der Waals surface area contributed by atoms with Crippen molar-refractivity contribution in [3.05, 3.63) is 54.6 Å². The topological polar surface area (TPSA) is 17.1 Å². The van der Waals surface area contributed by atoms with Crippen molar-refractivity contribution in [2.45, 2.75) is 6.42 Å². The van der Waals surface area contributed by atoms with E-state index in [0.717, 1.165) is 9.35 Å². The van der Waals surface area contributed by atoms with E-state index in [1.165, 1.54) is 11.3 Å². The summed E-state index contributed by atoms with van der Waals surface area (Å²) in [5.74, 6) is -0.0660. The van der Waals surface area contributed by atoms with Gasteiger partial charge in [-0.3, -0.25) is 4.79 Å². The van der Waals surface area contributed by atoms with Gasteiger partial charge in [0.25, 0.3) is 0 Å². The van der Waals surface area contributed by atoms with Gasteiger partial charge in [-0.05, 0) is 39.5 Å². The van der Waals surface area contributed by atoms with Crippen LogP contribution in [0.25, 0.3) is 0 Å². The number of thiophene rings is 1. The summed E-state index contributed by atoms with van der Waals surface area (Å²) in [6.45, 7) is 0. The van der Waals surface area contributed by atoms with Crippen molar-refractivity contribution >= 4 is 56.3 Å². The molecule has 5 heteroatoms. The van der Waals surface area contributed by atoms with Crippen LogP contribution in [-0.2, 0) is 6.42 Å². The number of benzene rings is 1. The van der Waals surface area contributed by atoms with Gasteiger partial charge >= 0.3 is 0 Å². The molecule has 0 fully saturated rings. The van der Waals surface area contributed by atoms with Gasteiger partial charge in [-0.2, -0.15) is 0 Å². The van der Waals surface area contributed by atoms with E-state index in [1.807, 2.05) is 11.4 Å². The molecule has 0 aliphatic heterocycles. The fourth-order valence-electron chi connectivity index (χ4n) is 1.45. The highest BCUT2D eigenvalue weighted by Gasteiger charge is 2.16.